The Labute approximate surface area is 186 Å². The van der Waals surface area contributed by atoms with Gasteiger partial charge in [0.05, 0.1) is 24.9 Å². The Hall–Kier alpha value is -2.95. The van der Waals surface area contributed by atoms with Gasteiger partial charge in [-0.1, -0.05) is 26.2 Å². The minimum Gasteiger partial charge on any atom is -0.383 e. The highest BCUT2D eigenvalue weighted by Crippen LogP contribution is 2.28. The fraction of sp³-hybridized carbons (Fsp3) is 0.667. The first kappa shape index (κ1) is 23.7. The van der Waals surface area contributed by atoms with Gasteiger partial charge in [-0.25, -0.2) is 4.79 Å². The number of nitrogens with zero attached hydrogens (tertiary/aromatic N) is 4. The third kappa shape index (κ3) is 4.93. The number of carbonyl (C=O) groups is 2. The molecule has 2 aliphatic rings. The Kier molecular flexibility index (Phi) is 7.84. The number of nitrogen functional groups attached to an aromatic ring is 1. The average Bonchev–Trinajstić information content (AvgIpc) is 2.77. The first-order chi connectivity index (χ1) is 15.4. The predicted molar refractivity (Wildman–Crippen MR) is 121 cm³/mol. The number of H-pyrrole nitrogens is 1. The number of fused-ring (bicyclic) bond motifs is 1. The summed E-state index contributed by atoms with van der Waals surface area (Å²) < 4.78 is 6.39. The number of aromatic amines is 1. The van der Waals surface area contributed by atoms with E-state index in [1.807, 2.05) is 6.92 Å². The van der Waals surface area contributed by atoms with E-state index in [-0.39, 0.29) is 49.2 Å². The number of carbonyl (C=O) groups excluding carboxylic acids is 2. The molecule has 11 heteroatoms. The quantitative estimate of drug-likeness (QED) is 0.549. The van der Waals surface area contributed by atoms with Gasteiger partial charge < -0.3 is 20.3 Å². The second-order valence-corrected chi connectivity index (χ2v) is 8.20. The zero-order valence-electron chi connectivity index (χ0n) is 18.7. The van der Waals surface area contributed by atoms with Crippen LogP contribution < -0.4 is 21.9 Å². The Morgan fingerprint density at radius 3 is 2.78 bits per heavy atom. The smallest absolute Gasteiger partial charge is 0.330 e. The first-order valence-electron chi connectivity index (χ1n) is 11.1. The predicted octanol–water partition coefficient (Wildman–Crippen LogP) is 0.123. The van der Waals surface area contributed by atoms with Gasteiger partial charge in [-0.2, -0.15) is 0 Å². The van der Waals surface area contributed by atoms with Gasteiger partial charge in [0, 0.05) is 20.2 Å². The molecule has 1 aliphatic heterocycles. The molecule has 11 nitrogen and oxygen atoms in total. The van der Waals surface area contributed by atoms with Crippen molar-refractivity contribution >= 4 is 29.5 Å². The number of nitrogens with two attached hydrogens (primary N) is 1. The van der Waals surface area contributed by atoms with Crippen molar-refractivity contribution in [1.29, 1.82) is 0 Å². The molecule has 1 fully saturated rings. The molecule has 2 unspecified atom stereocenters. The van der Waals surface area contributed by atoms with Crippen molar-refractivity contribution in [3.05, 3.63) is 20.8 Å². The number of nitrogens with one attached hydrogen (secondary N) is 1. The van der Waals surface area contributed by atoms with E-state index in [2.05, 4.69) is 9.98 Å². The lowest BCUT2D eigenvalue weighted by atomic mass is 9.88. The zero-order chi connectivity index (χ0) is 23.3. The summed E-state index contributed by atoms with van der Waals surface area (Å²) in [5.74, 6) is -0.852. The fourth-order valence-electron chi connectivity index (χ4n) is 4.37. The molecule has 2 atom stereocenters. The van der Waals surface area contributed by atoms with Crippen molar-refractivity contribution < 1.29 is 14.3 Å². The highest BCUT2D eigenvalue weighted by atomic mass is 16.5. The summed E-state index contributed by atoms with van der Waals surface area (Å²) >= 11 is 0. The van der Waals surface area contributed by atoms with Gasteiger partial charge in [-0.15, -0.1) is 0 Å². The number of ether oxygens (including phenoxy) is 1. The third-order valence-electron chi connectivity index (χ3n) is 6.10. The van der Waals surface area contributed by atoms with E-state index < -0.39 is 17.2 Å². The van der Waals surface area contributed by atoms with Crippen LogP contribution >= 0.6 is 0 Å². The van der Waals surface area contributed by atoms with Gasteiger partial charge in [0.2, 0.25) is 5.91 Å². The average molecular weight is 449 g/mol. The number of methoxy groups -OCH3 is 1. The van der Waals surface area contributed by atoms with Crippen molar-refractivity contribution in [2.24, 2.45) is 4.99 Å². The maximum absolute atomic E-state index is 13.4. The summed E-state index contributed by atoms with van der Waals surface area (Å²) in [5, 5.41) is 0. The van der Waals surface area contributed by atoms with Gasteiger partial charge >= 0.3 is 5.69 Å². The SMILES string of the molecule is CCCCn1c(N)c(N(CCOC)C(=O)CN2C(=O)C=NC3CCCCC32)c(=O)[nH]c1=O. The number of hydrogen-bond donors (Lipinski definition) is 2. The molecule has 3 N–H and O–H groups in total. The van der Waals surface area contributed by atoms with Gasteiger partial charge in [0.25, 0.3) is 11.5 Å². The summed E-state index contributed by atoms with van der Waals surface area (Å²) in [6, 6.07) is -0.144. The Morgan fingerprint density at radius 1 is 1.31 bits per heavy atom. The van der Waals surface area contributed by atoms with Crippen molar-refractivity contribution in [1.82, 2.24) is 14.5 Å². The first-order valence-corrected chi connectivity index (χ1v) is 11.1. The molecule has 1 aliphatic carbocycles. The Balaban J connectivity index is 1.94. The highest BCUT2D eigenvalue weighted by Gasteiger charge is 2.37. The molecule has 0 radical (unpaired) electrons. The lowest BCUT2D eigenvalue weighted by Crippen LogP contribution is -2.56. The molecule has 1 saturated carbocycles. The van der Waals surface area contributed by atoms with Crippen LogP contribution in [0.4, 0.5) is 11.5 Å². The summed E-state index contributed by atoms with van der Waals surface area (Å²) in [5.41, 5.74) is 4.75. The standard InChI is InChI=1S/C21H32N6O5/c1-3-4-9-26-19(22)18(20(30)24-21(26)31)25(10-11-32-2)17(29)13-27-15-8-6-5-7-14(15)23-12-16(27)28/h12,14-15H,3-11,13,22H2,1-2H3,(H,24,30,31). The van der Waals surface area contributed by atoms with Crippen LogP contribution in [-0.2, 0) is 20.9 Å². The molecule has 32 heavy (non-hydrogen) atoms. The number of anilines is 2. The number of rotatable bonds is 9. The monoisotopic (exact) mass is 448 g/mol. The van der Waals surface area contributed by atoms with E-state index in [9.17, 15) is 19.2 Å². The maximum atomic E-state index is 13.4. The van der Waals surface area contributed by atoms with E-state index in [1.165, 1.54) is 27.7 Å². The minimum absolute atomic E-state index is 0.00824. The van der Waals surface area contributed by atoms with E-state index in [0.717, 1.165) is 32.1 Å². The van der Waals surface area contributed by atoms with Crippen LogP contribution in [0, 0.1) is 0 Å². The van der Waals surface area contributed by atoms with Crippen LogP contribution in [-0.4, -0.2) is 71.4 Å². The van der Waals surface area contributed by atoms with Gasteiger partial charge in [0.15, 0.2) is 5.69 Å². The van der Waals surface area contributed by atoms with Crippen LogP contribution in [0.3, 0.4) is 0 Å². The van der Waals surface area contributed by atoms with E-state index >= 15 is 0 Å². The molecule has 0 spiro atoms. The summed E-state index contributed by atoms with van der Waals surface area (Å²) in [6.07, 6.45) is 6.47. The number of amides is 2. The summed E-state index contributed by atoms with van der Waals surface area (Å²) in [4.78, 5) is 60.3. The molecule has 0 bridgehead atoms. The maximum Gasteiger partial charge on any atom is 0.330 e. The van der Waals surface area contributed by atoms with Crippen molar-refractivity contribution in [3.63, 3.8) is 0 Å². The van der Waals surface area contributed by atoms with E-state index in [1.54, 1.807) is 0 Å². The zero-order valence-corrected chi connectivity index (χ0v) is 18.7. The molecule has 0 aromatic carbocycles. The van der Waals surface area contributed by atoms with Gasteiger partial charge in [0.1, 0.15) is 12.4 Å². The topological polar surface area (TPSA) is 143 Å². The largest absolute Gasteiger partial charge is 0.383 e. The van der Waals surface area contributed by atoms with Crippen LogP contribution in [0.1, 0.15) is 45.4 Å². The second-order valence-electron chi connectivity index (χ2n) is 8.20. The molecular formula is C21H32N6O5. The van der Waals surface area contributed by atoms with Crippen molar-refractivity contribution in [2.75, 3.05) is 37.4 Å². The van der Waals surface area contributed by atoms with Crippen LogP contribution in [0.15, 0.2) is 14.6 Å². The number of hydrogen-bond acceptors (Lipinski definition) is 7. The molecule has 3 rings (SSSR count). The Morgan fingerprint density at radius 2 is 2.06 bits per heavy atom. The number of unbranched alkanes of at least 4 members (excludes halogenated alkanes) is 1. The van der Waals surface area contributed by atoms with E-state index in [4.69, 9.17) is 10.5 Å². The molecule has 176 valence electrons. The summed E-state index contributed by atoms with van der Waals surface area (Å²) in [7, 11) is 1.48. The molecule has 2 amide bonds. The van der Waals surface area contributed by atoms with Gasteiger partial charge in [-0.05, 0) is 19.3 Å². The lowest BCUT2D eigenvalue weighted by molar-refractivity contribution is -0.133. The van der Waals surface area contributed by atoms with E-state index in [0.29, 0.717) is 13.0 Å². The van der Waals surface area contributed by atoms with Crippen LogP contribution in [0.25, 0.3) is 0 Å². The molecule has 1 aromatic rings. The van der Waals surface area contributed by atoms with Crippen LogP contribution in [0.2, 0.25) is 0 Å². The highest BCUT2D eigenvalue weighted by molar-refractivity contribution is 6.27. The number of aromatic nitrogens is 2. The minimum atomic E-state index is -0.744. The fourth-order valence-corrected chi connectivity index (χ4v) is 4.37. The molecular weight excluding hydrogens is 416 g/mol. The molecule has 2 heterocycles. The number of aliphatic imine (C=N–C) groups is 1. The summed E-state index contributed by atoms with van der Waals surface area (Å²) in [6.45, 7) is 2.30. The normalized spacial score (nSPS) is 20.3. The van der Waals surface area contributed by atoms with Crippen molar-refractivity contribution in [3.8, 4) is 0 Å². The molecule has 0 saturated heterocycles. The van der Waals surface area contributed by atoms with Crippen molar-refractivity contribution in [2.45, 2.75) is 64.1 Å². The lowest BCUT2D eigenvalue weighted by Gasteiger charge is -2.40. The molecule has 1 aromatic heterocycles. The van der Waals surface area contributed by atoms with Crippen LogP contribution in [0.5, 0.6) is 0 Å². The Bertz CT molecular complexity index is 984. The third-order valence-corrected chi connectivity index (χ3v) is 6.10. The second kappa shape index (κ2) is 10.6. The van der Waals surface area contributed by atoms with Gasteiger partial charge in [-0.3, -0.25) is 28.9 Å².